The van der Waals surface area contributed by atoms with E-state index >= 15 is 0 Å². The van der Waals surface area contributed by atoms with Crippen molar-refractivity contribution in [3.8, 4) is 6.07 Å². The molecule has 0 amide bonds. The van der Waals surface area contributed by atoms with Crippen LogP contribution in [0.2, 0.25) is 0 Å². The van der Waals surface area contributed by atoms with Crippen LogP contribution >= 0.6 is 0 Å². The van der Waals surface area contributed by atoms with Crippen molar-refractivity contribution in [3.05, 3.63) is 23.4 Å². The first-order valence-electron chi connectivity index (χ1n) is 7.14. The van der Waals surface area contributed by atoms with E-state index in [1.807, 2.05) is 19.1 Å². The zero-order valence-electron chi connectivity index (χ0n) is 11.5. The molecule has 2 fully saturated rings. The third kappa shape index (κ3) is 2.57. The van der Waals surface area contributed by atoms with Crippen LogP contribution in [0.4, 0.5) is 5.82 Å². The van der Waals surface area contributed by atoms with Gasteiger partial charge in [-0.15, -0.1) is 0 Å². The first kappa shape index (κ1) is 12.4. The van der Waals surface area contributed by atoms with Crippen molar-refractivity contribution in [1.29, 1.82) is 5.26 Å². The van der Waals surface area contributed by atoms with E-state index < -0.39 is 0 Å². The number of pyridine rings is 1. The van der Waals surface area contributed by atoms with Crippen molar-refractivity contribution < 1.29 is 0 Å². The van der Waals surface area contributed by atoms with Crippen LogP contribution in [0.1, 0.15) is 30.5 Å². The van der Waals surface area contributed by atoms with Crippen LogP contribution in [0, 0.1) is 18.3 Å². The number of fused-ring (bicyclic) bond motifs is 1. The molecule has 4 nitrogen and oxygen atoms in total. The summed E-state index contributed by atoms with van der Waals surface area (Å²) in [6, 6.07) is 6.69. The SMILES string of the molecule is Cc1cc(C#N)cc(N2CCCN3CCCC3C2)n1. The summed E-state index contributed by atoms with van der Waals surface area (Å²) >= 11 is 0. The molecule has 0 N–H and O–H groups in total. The van der Waals surface area contributed by atoms with Gasteiger partial charge in [-0.2, -0.15) is 5.26 Å². The Morgan fingerprint density at radius 3 is 2.95 bits per heavy atom. The number of hydrogen-bond acceptors (Lipinski definition) is 4. The molecular weight excluding hydrogens is 236 g/mol. The van der Waals surface area contributed by atoms with Gasteiger partial charge in [-0.25, -0.2) is 4.98 Å². The quantitative estimate of drug-likeness (QED) is 0.770. The second-order valence-corrected chi connectivity index (χ2v) is 5.60. The maximum atomic E-state index is 9.09. The number of rotatable bonds is 1. The van der Waals surface area contributed by atoms with Gasteiger partial charge in [0.15, 0.2) is 0 Å². The van der Waals surface area contributed by atoms with E-state index in [1.54, 1.807) is 0 Å². The molecule has 3 heterocycles. The van der Waals surface area contributed by atoms with Gasteiger partial charge in [0.2, 0.25) is 0 Å². The molecule has 0 spiro atoms. The average Bonchev–Trinajstić information content (AvgIpc) is 2.75. The fourth-order valence-electron chi connectivity index (χ4n) is 3.29. The van der Waals surface area contributed by atoms with E-state index in [9.17, 15) is 0 Å². The highest BCUT2D eigenvalue weighted by Gasteiger charge is 2.29. The number of anilines is 1. The summed E-state index contributed by atoms with van der Waals surface area (Å²) in [5, 5.41) is 9.09. The highest BCUT2D eigenvalue weighted by atomic mass is 15.3. The minimum Gasteiger partial charge on any atom is -0.355 e. The maximum absolute atomic E-state index is 9.09. The molecule has 1 aromatic rings. The topological polar surface area (TPSA) is 43.2 Å². The molecule has 0 radical (unpaired) electrons. The molecule has 1 unspecified atom stereocenters. The molecule has 0 aliphatic carbocycles. The van der Waals surface area contributed by atoms with Crippen LogP contribution in [0.15, 0.2) is 12.1 Å². The molecule has 2 saturated heterocycles. The van der Waals surface area contributed by atoms with Crippen molar-refractivity contribution in [2.45, 2.75) is 32.2 Å². The lowest BCUT2D eigenvalue weighted by molar-refractivity contribution is 0.273. The van der Waals surface area contributed by atoms with Crippen molar-refractivity contribution in [3.63, 3.8) is 0 Å². The van der Waals surface area contributed by atoms with Gasteiger partial charge in [0.1, 0.15) is 5.82 Å². The van der Waals surface area contributed by atoms with Gasteiger partial charge in [-0.3, -0.25) is 4.90 Å². The normalized spacial score (nSPS) is 23.8. The summed E-state index contributed by atoms with van der Waals surface area (Å²) in [4.78, 5) is 9.59. The summed E-state index contributed by atoms with van der Waals surface area (Å²) < 4.78 is 0. The first-order chi connectivity index (χ1) is 9.26. The molecule has 1 aromatic heterocycles. The summed E-state index contributed by atoms with van der Waals surface area (Å²) in [6.07, 6.45) is 3.81. The Balaban J connectivity index is 1.85. The minimum atomic E-state index is 0.676. The van der Waals surface area contributed by atoms with Crippen LogP contribution in [-0.4, -0.2) is 42.1 Å². The lowest BCUT2D eigenvalue weighted by atomic mass is 10.2. The van der Waals surface area contributed by atoms with E-state index in [2.05, 4.69) is 20.9 Å². The molecule has 1 atom stereocenters. The second-order valence-electron chi connectivity index (χ2n) is 5.60. The van der Waals surface area contributed by atoms with Crippen molar-refractivity contribution >= 4 is 5.82 Å². The predicted octanol–water partition coefficient (Wildman–Crippen LogP) is 1.94. The molecule has 100 valence electrons. The maximum Gasteiger partial charge on any atom is 0.130 e. The van der Waals surface area contributed by atoms with Crippen molar-refractivity contribution in [1.82, 2.24) is 9.88 Å². The number of nitrogens with zero attached hydrogens (tertiary/aromatic N) is 4. The monoisotopic (exact) mass is 256 g/mol. The van der Waals surface area contributed by atoms with E-state index in [-0.39, 0.29) is 0 Å². The lowest BCUT2D eigenvalue weighted by Gasteiger charge is -2.26. The summed E-state index contributed by atoms with van der Waals surface area (Å²) in [7, 11) is 0. The first-order valence-corrected chi connectivity index (χ1v) is 7.14. The average molecular weight is 256 g/mol. The molecule has 2 aliphatic rings. The van der Waals surface area contributed by atoms with Crippen LogP contribution in [-0.2, 0) is 0 Å². The smallest absolute Gasteiger partial charge is 0.130 e. The van der Waals surface area contributed by atoms with E-state index in [0.717, 1.165) is 30.2 Å². The Morgan fingerprint density at radius 2 is 2.11 bits per heavy atom. The van der Waals surface area contributed by atoms with Crippen molar-refractivity contribution in [2.75, 3.05) is 31.1 Å². The van der Waals surface area contributed by atoms with Gasteiger partial charge < -0.3 is 4.90 Å². The third-order valence-corrected chi connectivity index (χ3v) is 4.20. The number of aromatic nitrogens is 1. The Kier molecular flexibility index (Phi) is 3.39. The lowest BCUT2D eigenvalue weighted by Crippen LogP contribution is -2.37. The van der Waals surface area contributed by atoms with Crippen LogP contribution in [0.25, 0.3) is 0 Å². The largest absolute Gasteiger partial charge is 0.355 e. The molecule has 2 aliphatic heterocycles. The van der Waals surface area contributed by atoms with Crippen LogP contribution in [0.5, 0.6) is 0 Å². The van der Waals surface area contributed by atoms with E-state index in [1.165, 1.54) is 32.4 Å². The van der Waals surface area contributed by atoms with Crippen molar-refractivity contribution in [2.24, 2.45) is 0 Å². The number of hydrogen-bond donors (Lipinski definition) is 0. The number of aryl methyl sites for hydroxylation is 1. The zero-order valence-corrected chi connectivity index (χ0v) is 11.5. The Bertz CT molecular complexity index is 505. The molecule has 0 saturated carbocycles. The summed E-state index contributed by atoms with van der Waals surface area (Å²) in [5.74, 6) is 0.977. The predicted molar refractivity (Wildman–Crippen MR) is 75.1 cm³/mol. The van der Waals surface area contributed by atoms with Gasteiger partial charge in [0.25, 0.3) is 0 Å². The minimum absolute atomic E-state index is 0.676. The van der Waals surface area contributed by atoms with Gasteiger partial charge >= 0.3 is 0 Å². The molecule has 0 bridgehead atoms. The molecule has 0 aromatic carbocycles. The van der Waals surface area contributed by atoms with Gasteiger partial charge in [0.05, 0.1) is 11.6 Å². The molecular formula is C15H20N4. The third-order valence-electron chi connectivity index (χ3n) is 4.20. The van der Waals surface area contributed by atoms with Gasteiger partial charge in [-0.05, 0) is 44.9 Å². The van der Waals surface area contributed by atoms with E-state index in [4.69, 9.17) is 5.26 Å². The van der Waals surface area contributed by atoms with Gasteiger partial charge in [0, 0.05) is 31.4 Å². The molecule has 3 rings (SSSR count). The number of nitriles is 1. The summed E-state index contributed by atoms with van der Waals surface area (Å²) in [6.45, 7) is 6.53. The summed E-state index contributed by atoms with van der Waals surface area (Å²) in [5.41, 5.74) is 1.65. The van der Waals surface area contributed by atoms with Crippen LogP contribution in [0.3, 0.4) is 0 Å². The van der Waals surface area contributed by atoms with Crippen LogP contribution < -0.4 is 4.90 Å². The highest BCUT2D eigenvalue weighted by Crippen LogP contribution is 2.24. The molecule has 4 heteroatoms. The Morgan fingerprint density at radius 1 is 1.26 bits per heavy atom. The fraction of sp³-hybridized carbons (Fsp3) is 0.600. The Hall–Kier alpha value is -1.60. The second kappa shape index (κ2) is 5.18. The standard InChI is InChI=1S/C15H20N4/c1-12-8-13(10-16)9-15(17-12)19-7-3-6-18-5-2-4-14(18)11-19/h8-9,14H,2-7,11H2,1H3. The fourth-order valence-corrected chi connectivity index (χ4v) is 3.29. The zero-order chi connectivity index (χ0) is 13.2. The molecule has 19 heavy (non-hydrogen) atoms. The Labute approximate surface area is 114 Å². The highest BCUT2D eigenvalue weighted by molar-refractivity contribution is 5.47. The van der Waals surface area contributed by atoms with Gasteiger partial charge in [-0.1, -0.05) is 0 Å². The van der Waals surface area contributed by atoms with E-state index in [0.29, 0.717) is 6.04 Å².